The number of hydrogen-bond donors (Lipinski definition) is 4. The Morgan fingerprint density at radius 1 is 0.596 bits per heavy atom. The molecular weight excluding hydrogens is 662 g/mol. The molecular formula is C42H83NO9. The largest absolute Gasteiger partial charge is 0.394 e. The highest BCUT2D eigenvalue weighted by Crippen LogP contribution is 2.23. The molecule has 0 spiro atoms. The average Bonchev–Trinajstić information content (AvgIpc) is 3.13. The fraction of sp³-hybridized carbons (Fsp3) is 0.976. The van der Waals surface area contributed by atoms with Crippen LogP contribution in [0.2, 0.25) is 0 Å². The Labute approximate surface area is 318 Å². The van der Waals surface area contributed by atoms with E-state index >= 15 is 0 Å². The highest BCUT2D eigenvalue weighted by Gasteiger charge is 2.45. The number of carbonyl (C=O) groups excluding carboxylic acids is 1. The van der Waals surface area contributed by atoms with Gasteiger partial charge in [-0.25, -0.2) is 0 Å². The summed E-state index contributed by atoms with van der Waals surface area (Å²) in [5.41, 5.74) is 0. The monoisotopic (exact) mass is 746 g/mol. The third-order valence-electron chi connectivity index (χ3n) is 10.3. The maximum Gasteiger partial charge on any atom is 0.217 e. The molecule has 1 aliphatic heterocycles. The van der Waals surface area contributed by atoms with Crippen LogP contribution in [0.5, 0.6) is 0 Å². The lowest BCUT2D eigenvalue weighted by molar-refractivity contribution is -0.272. The van der Waals surface area contributed by atoms with E-state index in [9.17, 15) is 20.1 Å². The second-order valence-electron chi connectivity index (χ2n) is 15.1. The molecule has 0 aliphatic carbocycles. The van der Waals surface area contributed by atoms with Gasteiger partial charge < -0.3 is 44.3 Å². The number of aliphatic hydroxyl groups is 3. The smallest absolute Gasteiger partial charge is 0.217 e. The Balaban J connectivity index is 2.20. The van der Waals surface area contributed by atoms with Crippen LogP contribution < -0.4 is 5.32 Å². The molecule has 0 aromatic rings. The molecule has 1 aliphatic rings. The van der Waals surface area contributed by atoms with Crippen LogP contribution in [0.15, 0.2) is 0 Å². The van der Waals surface area contributed by atoms with E-state index in [1.54, 1.807) is 0 Å². The molecule has 1 unspecified atom stereocenters. The lowest BCUT2D eigenvalue weighted by Crippen LogP contribution is -2.64. The molecule has 1 heterocycles. The van der Waals surface area contributed by atoms with Crippen molar-refractivity contribution in [1.82, 2.24) is 5.32 Å². The Morgan fingerprint density at radius 3 is 1.42 bits per heavy atom. The van der Waals surface area contributed by atoms with Gasteiger partial charge >= 0.3 is 0 Å². The fourth-order valence-corrected chi connectivity index (χ4v) is 7.03. The van der Waals surface area contributed by atoms with Crippen LogP contribution in [0.1, 0.15) is 175 Å². The summed E-state index contributed by atoms with van der Waals surface area (Å²) in [5, 5.41) is 32.5. The van der Waals surface area contributed by atoms with Gasteiger partial charge in [0.25, 0.3) is 0 Å². The molecule has 0 bridgehead atoms. The van der Waals surface area contributed by atoms with Crippen molar-refractivity contribution in [2.24, 2.45) is 5.92 Å². The summed E-state index contributed by atoms with van der Waals surface area (Å²) in [5.74, 6) is 0.244. The molecule has 1 rings (SSSR count). The van der Waals surface area contributed by atoms with Gasteiger partial charge in [0.05, 0.1) is 46.2 Å². The van der Waals surface area contributed by atoms with E-state index in [0.717, 1.165) is 6.61 Å². The summed E-state index contributed by atoms with van der Waals surface area (Å²) in [6, 6.07) is -0.960. The highest BCUT2D eigenvalue weighted by atomic mass is 16.7. The first kappa shape index (κ1) is 49.2. The molecule has 4 N–H and O–H groups in total. The molecule has 1 amide bonds. The zero-order valence-corrected chi connectivity index (χ0v) is 33.9. The fourth-order valence-electron chi connectivity index (χ4n) is 7.03. The minimum absolute atomic E-state index is 0.143. The summed E-state index contributed by atoms with van der Waals surface area (Å²) in [6.07, 6.45) is 28.2. The van der Waals surface area contributed by atoms with Crippen LogP contribution in [0.3, 0.4) is 0 Å². The summed E-state index contributed by atoms with van der Waals surface area (Å²) in [4.78, 5) is 11.6. The van der Waals surface area contributed by atoms with Crippen LogP contribution in [0, 0.1) is 5.92 Å². The van der Waals surface area contributed by atoms with Gasteiger partial charge in [-0.3, -0.25) is 4.79 Å². The number of unbranched alkanes of at least 4 members (excludes halogenated alkanes) is 20. The minimum atomic E-state index is -1.34. The minimum Gasteiger partial charge on any atom is -0.394 e. The zero-order valence-electron chi connectivity index (χ0n) is 33.9. The van der Waals surface area contributed by atoms with E-state index in [4.69, 9.17) is 23.7 Å². The maximum atomic E-state index is 11.6. The summed E-state index contributed by atoms with van der Waals surface area (Å²) in [6.45, 7) is 8.55. The number of amides is 1. The quantitative estimate of drug-likeness (QED) is 0.0464. The SMILES string of the molecule is CCCCCCCCCCCCCCC(CCCCCCCCCCCC)COCCOCCOCCO[C@@H]1O[C@H](CO)[C@@H](O)[C@H](O)[C@H]1NC(C)=O. The van der Waals surface area contributed by atoms with Gasteiger partial charge in [-0.2, -0.15) is 0 Å². The van der Waals surface area contributed by atoms with Gasteiger partial charge in [-0.15, -0.1) is 0 Å². The molecule has 1 saturated heterocycles. The van der Waals surface area contributed by atoms with E-state index in [1.807, 2.05) is 0 Å². The third-order valence-corrected chi connectivity index (χ3v) is 10.3. The molecule has 0 saturated carbocycles. The number of carbonyl (C=O) groups is 1. The van der Waals surface area contributed by atoms with E-state index < -0.39 is 43.2 Å². The van der Waals surface area contributed by atoms with Crippen LogP contribution in [-0.2, 0) is 28.5 Å². The van der Waals surface area contributed by atoms with Crippen molar-refractivity contribution in [3.05, 3.63) is 0 Å². The van der Waals surface area contributed by atoms with Crippen molar-refractivity contribution in [3.63, 3.8) is 0 Å². The highest BCUT2D eigenvalue weighted by molar-refractivity contribution is 5.73. The molecule has 10 nitrogen and oxygen atoms in total. The number of aliphatic hydroxyl groups excluding tert-OH is 3. The molecule has 52 heavy (non-hydrogen) atoms. The van der Waals surface area contributed by atoms with E-state index in [0.29, 0.717) is 32.3 Å². The number of rotatable bonds is 38. The van der Waals surface area contributed by atoms with Gasteiger partial charge in [-0.05, 0) is 18.8 Å². The van der Waals surface area contributed by atoms with E-state index in [2.05, 4.69) is 19.2 Å². The van der Waals surface area contributed by atoms with E-state index in [-0.39, 0.29) is 13.2 Å². The Bertz CT molecular complexity index is 776. The normalized spacial score (nSPS) is 21.1. The summed E-state index contributed by atoms with van der Waals surface area (Å²) >= 11 is 0. The number of ether oxygens (including phenoxy) is 5. The van der Waals surface area contributed by atoms with Crippen LogP contribution in [0.4, 0.5) is 0 Å². The Hall–Kier alpha value is -0.850. The molecule has 1 fully saturated rings. The lowest BCUT2D eigenvalue weighted by atomic mass is 9.94. The second kappa shape index (κ2) is 35.8. The van der Waals surface area contributed by atoms with Crippen molar-refractivity contribution in [2.75, 3.05) is 52.9 Å². The van der Waals surface area contributed by atoms with Crippen molar-refractivity contribution in [3.8, 4) is 0 Å². The summed E-state index contributed by atoms with van der Waals surface area (Å²) in [7, 11) is 0. The van der Waals surface area contributed by atoms with Crippen molar-refractivity contribution in [2.45, 2.75) is 206 Å². The summed E-state index contributed by atoms with van der Waals surface area (Å²) < 4.78 is 28.6. The third kappa shape index (κ3) is 26.8. The first-order valence-electron chi connectivity index (χ1n) is 21.7. The Morgan fingerprint density at radius 2 is 1.00 bits per heavy atom. The molecule has 0 aromatic carbocycles. The van der Waals surface area contributed by atoms with Crippen LogP contribution >= 0.6 is 0 Å². The van der Waals surface area contributed by atoms with Crippen molar-refractivity contribution in [1.29, 1.82) is 0 Å². The number of hydrogen-bond acceptors (Lipinski definition) is 9. The molecule has 10 heteroatoms. The topological polar surface area (TPSA) is 136 Å². The second-order valence-corrected chi connectivity index (χ2v) is 15.1. The standard InChI is InChI=1S/C42H83NO9/c1-4-6-8-10-12-14-16-17-19-21-23-25-27-37(26-24-22-20-18-15-13-11-9-7-5-2)35-50-31-30-48-28-29-49-32-33-51-42-39(43-36(3)45)41(47)40(46)38(34-44)52-42/h37-42,44,46-47H,4-35H2,1-3H3,(H,43,45)/t37?,38-,39-,40-,41-,42-/m1/s1. The van der Waals surface area contributed by atoms with Crippen LogP contribution in [-0.4, -0.2) is 105 Å². The molecule has 0 radical (unpaired) electrons. The van der Waals surface area contributed by atoms with Crippen LogP contribution in [0.25, 0.3) is 0 Å². The van der Waals surface area contributed by atoms with Crippen molar-refractivity contribution >= 4 is 5.91 Å². The number of nitrogens with one attached hydrogen (secondary N) is 1. The Kier molecular flexibility index (Phi) is 33.9. The van der Waals surface area contributed by atoms with Gasteiger partial charge in [0, 0.05) is 13.5 Å². The maximum absolute atomic E-state index is 11.6. The lowest BCUT2D eigenvalue weighted by Gasteiger charge is -2.42. The van der Waals surface area contributed by atoms with Gasteiger partial charge in [0.2, 0.25) is 5.91 Å². The molecule has 6 atom stereocenters. The van der Waals surface area contributed by atoms with Gasteiger partial charge in [0.1, 0.15) is 24.4 Å². The molecule has 0 aromatic heterocycles. The zero-order chi connectivity index (χ0) is 37.9. The molecule has 310 valence electrons. The first-order valence-corrected chi connectivity index (χ1v) is 21.7. The van der Waals surface area contributed by atoms with Gasteiger partial charge in [0.15, 0.2) is 6.29 Å². The predicted molar refractivity (Wildman–Crippen MR) is 209 cm³/mol. The average molecular weight is 746 g/mol. The van der Waals surface area contributed by atoms with Crippen molar-refractivity contribution < 1.29 is 43.8 Å². The first-order chi connectivity index (χ1) is 25.4. The van der Waals surface area contributed by atoms with E-state index in [1.165, 1.54) is 161 Å². The van der Waals surface area contributed by atoms with Gasteiger partial charge in [-0.1, -0.05) is 155 Å². The predicted octanol–water partition coefficient (Wildman–Crippen LogP) is 8.01.